The second-order valence-electron chi connectivity index (χ2n) is 4.52. The summed E-state index contributed by atoms with van der Waals surface area (Å²) in [5.41, 5.74) is 1.68. The number of hydrogen-bond donors (Lipinski definition) is 0. The maximum absolute atomic E-state index is 6.39. The monoisotopic (exact) mass is 330 g/mol. The van der Waals surface area contributed by atoms with Crippen LogP contribution < -0.4 is 0 Å². The van der Waals surface area contributed by atoms with Gasteiger partial charge in [0.1, 0.15) is 11.2 Å². The molecule has 19 heavy (non-hydrogen) atoms. The molecule has 1 nitrogen and oxygen atoms in total. The summed E-state index contributed by atoms with van der Waals surface area (Å²) in [5, 5.41) is 5.14. The average Bonchev–Trinajstić information content (AvgIpc) is 2.77. The average molecular weight is 332 g/mol. The molecule has 0 unspecified atom stereocenters. The van der Waals surface area contributed by atoms with Crippen molar-refractivity contribution in [3.8, 4) is 0 Å². The lowest BCUT2D eigenvalue weighted by Crippen LogP contribution is -1.75. The maximum atomic E-state index is 6.39. The van der Waals surface area contributed by atoms with Gasteiger partial charge in [-0.1, -0.05) is 57.9 Å². The Labute approximate surface area is 122 Å². The summed E-state index contributed by atoms with van der Waals surface area (Å²) in [6, 6.07) is 16.2. The lowest BCUT2D eigenvalue weighted by atomic mass is 10.0. The van der Waals surface area contributed by atoms with Gasteiger partial charge in [0.25, 0.3) is 0 Å². The van der Waals surface area contributed by atoms with Gasteiger partial charge in [0, 0.05) is 15.2 Å². The van der Waals surface area contributed by atoms with Crippen molar-refractivity contribution in [2.45, 2.75) is 0 Å². The largest absolute Gasteiger partial charge is 0.456 e. The molecule has 0 saturated heterocycles. The number of furan rings is 1. The van der Waals surface area contributed by atoms with Gasteiger partial charge in [-0.05, 0) is 29.0 Å². The highest BCUT2D eigenvalue weighted by Crippen LogP contribution is 2.39. The first-order valence-electron chi connectivity index (χ1n) is 5.93. The van der Waals surface area contributed by atoms with Gasteiger partial charge in [0.2, 0.25) is 0 Å². The third kappa shape index (κ3) is 1.60. The minimum atomic E-state index is 0.708. The number of halogens is 2. The third-order valence-electron chi connectivity index (χ3n) is 3.38. The van der Waals surface area contributed by atoms with Gasteiger partial charge in [-0.25, -0.2) is 0 Å². The van der Waals surface area contributed by atoms with Gasteiger partial charge in [0.05, 0.1) is 5.02 Å². The van der Waals surface area contributed by atoms with Crippen molar-refractivity contribution in [3.63, 3.8) is 0 Å². The van der Waals surface area contributed by atoms with Gasteiger partial charge < -0.3 is 4.42 Å². The van der Waals surface area contributed by atoms with E-state index in [-0.39, 0.29) is 0 Å². The summed E-state index contributed by atoms with van der Waals surface area (Å²) >= 11 is 9.84. The predicted molar refractivity (Wildman–Crippen MR) is 83.9 cm³/mol. The number of benzene rings is 3. The molecule has 3 heteroatoms. The van der Waals surface area contributed by atoms with Crippen molar-refractivity contribution in [2.24, 2.45) is 0 Å². The minimum Gasteiger partial charge on any atom is -0.456 e. The summed E-state index contributed by atoms with van der Waals surface area (Å²) in [6.07, 6.45) is 0. The summed E-state index contributed by atoms with van der Waals surface area (Å²) in [7, 11) is 0. The van der Waals surface area contributed by atoms with Crippen LogP contribution in [-0.4, -0.2) is 0 Å². The zero-order valence-electron chi connectivity index (χ0n) is 9.78. The fourth-order valence-corrected chi connectivity index (χ4v) is 3.46. The van der Waals surface area contributed by atoms with Crippen LogP contribution in [0.3, 0.4) is 0 Å². The van der Waals surface area contributed by atoms with Crippen molar-refractivity contribution in [1.82, 2.24) is 0 Å². The van der Waals surface area contributed by atoms with E-state index in [0.29, 0.717) is 5.02 Å². The quantitative estimate of drug-likeness (QED) is 0.376. The molecule has 0 aliphatic carbocycles. The Balaban J connectivity index is 2.36. The standard InChI is InChI=1S/C16H8BrClO/c17-10-7-12(18)16-14(8-10)19-13-6-5-9-3-1-2-4-11(9)15(13)16/h1-8H. The van der Waals surface area contributed by atoms with Gasteiger partial charge in [-0.3, -0.25) is 0 Å². The Hall–Kier alpha value is -1.51. The highest BCUT2D eigenvalue weighted by atomic mass is 79.9. The van der Waals surface area contributed by atoms with Crippen molar-refractivity contribution < 1.29 is 4.42 Å². The molecule has 0 aliphatic rings. The van der Waals surface area contributed by atoms with Crippen molar-refractivity contribution >= 4 is 60.2 Å². The van der Waals surface area contributed by atoms with Crippen LogP contribution in [0.1, 0.15) is 0 Å². The van der Waals surface area contributed by atoms with E-state index in [4.69, 9.17) is 16.0 Å². The summed E-state index contributed by atoms with van der Waals surface area (Å²) < 4.78 is 6.83. The number of fused-ring (bicyclic) bond motifs is 5. The second-order valence-corrected chi connectivity index (χ2v) is 5.85. The predicted octanol–water partition coefficient (Wildman–Crippen LogP) is 6.16. The Bertz CT molecular complexity index is 940. The molecule has 0 aliphatic heterocycles. The van der Waals surface area contributed by atoms with Crippen LogP contribution in [0.25, 0.3) is 32.7 Å². The highest BCUT2D eigenvalue weighted by molar-refractivity contribution is 9.10. The molecule has 0 saturated carbocycles. The lowest BCUT2D eigenvalue weighted by molar-refractivity contribution is 0.669. The second kappa shape index (κ2) is 3.99. The summed E-state index contributed by atoms with van der Waals surface area (Å²) in [4.78, 5) is 0. The Morgan fingerprint density at radius 1 is 0.895 bits per heavy atom. The van der Waals surface area contributed by atoms with Crippen LogP contribution in [0.5, 0.6) is 0 Å². The molecule has 1 aromatic heterocycles. The fraction of sp³-hybridized carbons (Fsp3) is 0. The zero-order valence-corrected chi connectivity index (χ0v) is 12.1. The molecule has 0 radical (unpaired) electrons. The van der Waals surface area contributed by atoms with Crippen molar-refractivity contribution in [1.29, 1.82) is 0 Å². The van der Waals surface area contributed by atoms with Crippen LogP contribution in [0, 0.1) is 0 Å². The SMILES string of the molecule is Clc1cc(Br)cc2oc3ccc4ccccc4c3c12. The molecule has 92 valence electrons. The van der Waals surface area contributed by atoms with Gasteiger partial charge in [0.15, 0.2) is 0 Å². The fourth-order valence-electron chi connectivity index (χ4n) is 2.59. The van der Waals surface area contributed by atoms with Crippen LogP contribution in [0.15, 0.2) is 57.4 Å². The Morgan fingerprint density at radius 2 is 1.74 bits per heavy atom. The molecule has 0 atom stereocenters. The normalized spacial score (nSPS) is 11.7. The highest BCUT2D eigenvalue weighted by Gasteiger charge is 2.13. The summed E-state index contributed by atoms with van der Waals surface area (Å²) in [6.45, 7) is 0. The van der Waals surface area contributed by atoms with E-state index in [1.54, 1.807) is 0 Å². The Morgan fingerprint density at radius 3 is 2.63 bits per heavy atom. The molecular weight excluding hydrogens is 324 g/mol. The number of hydrogen-bond acceptors (Lipinski definition) is 1. The van der Waals surface area contributed by atoms with E-state index in [9.17, 15) is 0 Å². The van der Waals surface area contributed by atoms with Gasteiger partial charge in [-0.2, -0.15) is 0 Å². The molecule has 0 fully saturated rings. The lowest BCUT2D eigenvalue weighted by Gasteiger charge is -2.00. The van der Waals surface area contributed by atoms with Gasteiger partial charge >= 0.3 is 0 Å². The third-order valence-corrected chi connectivity index (χ3v) is 4.14. The molecule has 3 aromatic carbocycles. The van der Waals surface area contributed by atoms with Gasteiger partial charge in [-0.15, -0.1) is 0 Å². The van der Waals surface area contributed by atoms with Crippen LogP contribution in [0.2, 0.25) is 5.02 Å². The van der Waals surface area contributed by atoms with Crippen LogP contribution >= 0.6 is 27.5 Å². The van der Waals surface area contributed by atoms with E-state index in [1.165, 1.54) is 10.8 Å². The van der Waals surface area contributed by atoms with E-state index >= 15 is 0 Å². The van der Waals surface area contributed by atoms with Crippen LogP contribution in [0.4, 0.5) is 0 Å². The molecule has 0 bridgehead atoms. The first-order valence-corrected chi connectivity index (χ1v) is 7.10. The first kappa shape index (κ1) is 11.3. The minimum absolute atomic E-state index is 0.708. The molecular formula is C16H8BrClO. The van der Waals surface area contributed by atoms with E-state index < -0.39 is 0 Å². The molecule has 0 N–H and O–H groups in total. The van der Waals surface area contributed by atoms with Crippen LogP contribution in [-0.2, 0) is 0 Å². The molecule has 0 amide bonds. The number of rotatable bonds is 0. The van der Waals surface area contributed by atoms with Crippen molar-refractivity contribution in [2.75, 3.05) is 0 Å². The topological polar surface area (TPSA) is 13.1 Å². The molecule has 0 spiro atoms. The molecule has 4 rings (SSSR count). The van der Waals surface area contributed by atoms with Crippen molar-refractivity contribution in [3.05, 3.63) is 58.0 Å². The van der Waals surface area contributed by atoms with E-state index in [0.717, 1.165) is 26.4 Å². The van der Waals surface area contributed by atoms with E-state index in [1.807, 2.05) is 30.3 Å². The smallest absolute Gasteiger partial charge is 0.138 e. The zero-order chi connectivity index (χ0) is 13.0. The molecule has 1 heterocycles. The Kier molecular flexibility index (Phi) is 2.38. The molecule has 4 aromatic rings. The van der Waals surface area contributed by atoms with E-state index in [2.05, 4.69) is 34.1 Å². The summed E-state index contributed by atoms with van der Waals surface area (Å²) in [5.74, 6) is 0. The maximum Gasteiger partial charge on any atom is 0.138 e. The first-order chi connectivity index (χ1) is 9.24.